The number of rotatable bonds is 1. The fraction of sp³-hybridized carbons (Fsp3) is 0.0625. The molecule has 0 amide bonds. The van der Waals surface area contributed by atoms with E-state index in [-0.39, 0.29) is 11.1 Å². The van der Waals surface area contributed by atoms with Gasteiger partial charge in [-0.15, -0.1) is 0 Å². The summed E-state index contributed by atoms with van der Waals surface area (Å²) < 4.78 is 38.3. The van der Waals surface area contributed by atoms with Crippen LogP contribution >= 0.6 is 11.6 Å². The molecule has 3 nitrogen and oxygen atoms in total. The lowest BCUT2D eigenvalue weighted by Gasteiger charge is -2.18. The number of halogens is 2. The van der Waals surface area contributed by atoms with E-state index in [0.717, 1.165) is 6.07 Å². The summed E-state index contributed by atoms with van der Waals surface area (Å²) in [5.74, 6) is -1.88. The molecule has 0 atom stereocenters. The third-order valence-corrected chi connectivity index (χ3v) is 5.35. The van der Waals surface area contributed by atoms with Crippen LogP contribution in [0.2, 0.25) is 5.02 Å². The van der Waals surface area contributed by atoms with Crippen LogP contribution in [-0.4, -0.2) is 20.0 Å². The summed E-state index contributed by atoms with van der Waals surface area (Å²) in [5, 5.41) is 0.539. The van der Waals surface area contributed by atoms with Crippen molar-refractivity contribution in [1.82, 2.24) is 0 Å². The molecule has 1 aliphatic rings. The molecule has 0 saturated carbocycles. The highest BCUT2D eigenvalue weighted by atomic mass is 35.5. The molecule has 3 rings (SSSR count). The Morgan fingerprint density at radius 3 is 2.45 bits per heavy atom. The van der Waals surface area contributed by atoms with E-state index in [0.29, 0.717) is 10.6 Å². The molecule has 0 radical (unpaired) electrons. The molecule has 0 unspecified atom stereocenters. The third kappa shape index (κ3) is 2.58. The lowest BCUT2D eigenvalue weighted by Crippen LogP contribution is -2.25. The van der Waals surface area contributed by atoms with Crippen molar-refractivity contribution in [3.8, 4) is 0 Å². The Labute approximate surface area is 132 Å². The van der Waals surface area contributed by atoms with Gasteiger partial charge in [0.15, 0.2) is 15.6 Å². The first-order valence-electron chi connectivity index (χ1n) is 6.40. The lowest BCUT2D eigenvalue weighted by molar-refractivity contribution is 0.103. The van der Waals surface area contributed by atoms with Gasteiger partial charge in [0.1, 0.15) is 10.7 Å². The molecule has 22 heavy (non-hydrogen) atoms. The van der Waals surface area contributed by atoms with Gasteiger partial charge in [-0.1, -0.05) is 29.8 Å². The van der Waals surface area contributed by atoms with Crippen LogP contribution in [0, 0.1) is 5.82 Å². The van der Waals surface area contributed by atoms with Gasteiger partial charge in [0.25, 0.3) is 0 Å². The molecule has 0 spiro atoms. The predicted molar refractivity (Wildman–Crippen MR) is 82.2 cm³/mol. The van der Waals surface area contributed by atoms with Crippen LogP contribution in [0.5, 0.6) is 0 Å². The minimum atomic E-state index is -3.87. The summed E-state index contributed by atoms with van der Waals surface area (Å²) in [6.45, 7) is 0. The van der Waals surface area contributed by atoms with Crippen molar-refractivity contribution in [1.29, 1.82) is 0 Å². The Hall–Kier alpha value is -1.98. The average Bonchev–Trinajstić information content (AvgIpc) is 2.46. The maximum atomic E-state index is 13.8. The third-order valence-electron chi connectivity index (χ3n) is 3.37. The molecule has 1 aliphatic heterocycles. The quantitative estimate of drug-likeness (QED) is 0.748. The van der Waals surface area contributed by atoms with E-state index in [4.69, 9.17) is 11.6 Å². The second-order valence-corrected chi connectivity index (χ2v) is 7.29. The first-order valence-corrected chi connectivity index (χ1v) is 8.43. The van der Waals surface area contributed by atoms with Crippen molar-refractivity contribution >= 4 is 33.3 Å². The summed E-state index contributed by atoms with van der Waals surface area (Å²) in [5.41, 5.74) is 0.648. The number of ketones is 1. The zero-order valence-electron chi connectivity index (χ0n) is 11.2. The van der Waals surface area contributed by atoms with Gasteiger partial charge in [-0.2, -0.15) is 0 Å². The number of fused-ring (bicyclic) bond motifs is 1. The number of Topliss-reactive ketones (excluding diaryl/α,β-unsaturated/α-hetero) is 1. The van der Waals surface area contributed by atoms with Crippen LogP contribution in [0.25, 0.3) is 6.08 Å². The Morgan fingerprint density at radius 1 is 1.09 bits per heavy atom. The first-order chi connectivity index (χ1) is 10.4. The van der Waals surface area contributed by atoms with Gasteiger partial charge in [0.2, 0.25) is 0 Å². The first kappa shape index (κ1) is 14.9. The zero-order valence-corrected chi connectivity index (χ0v) is 12.8. The van der Waals surface area contributed by atoms with Gasteiger partial charge in [-0.25, -0.2) is 12.8 Å². The molecule has 0 fully saturated rings. The van der Waals surface area contributed by atoms with E-state index in [9.17, 15) is 17.6 Å². The fourth-order valence-electron chi connectivity index (χ4n) is 2.39. The van der Waals surface area contributed by atoms with Gasteiger partial charge < -0.3 is 0 Å². The predicted octanol–water partition coefficient (Wildman–Crippen LogP) is 3.53. The summed E-state index contributed by atoms with van der Waals surface area (Å²) >= 11 is 5.79. The van der Waals surface area contributed by atoms with Crippen molar-refractivity contribution in [2.24, 2.45) is 0 Å². The van der Waals surface area contributed by atoms with Crippen LogP contribution in [0.15, 0.2) is 52.9 Å². The van der Waals surface area contributed by atoms with E-state index in [1.165, 1.54) is 18.2 Å². The number of benzene rings is 2. The maximum absolute atomic E-state index is 13.8. The maximum Gasteiger partial charge on any atom is 0.191 e. The minimum Gasteiger partial charge on any atom is -0.289 e. The topological polar surface area (TPSA) is 51.2 Å². The highest BCUT2D eigenvalue weighted by Crippen LogP contribution is 2.31. The Bertz CT molecular complexity index is 899. The Morgan fingerprint density at radius 2 is 1.77 bits per heavy atom. The van der Waals surface area contributed by atoms with E-state index in [2.05, 4.69) is 0 Å². The van der Waals surface area contributed by atoms with E-state index < -0.39 is 32.1 Å². The largest absolute Gasteiger partial charge is 0.289 e. The highest BCUT2D eigenvalue weighted by Gasteiger charge is 2.35. The molecule has 2 aromatic rings. The van der Waals surface area contributed by atoms with Gasteiger partial charge >= 0.3 is 0 Å². The summed E-state index contributed by atoms with van der Waals surface area (Å²) in [6.07, 6.45) is 1.49. The van der Waals surface area contributed by atoms with Crippen LogP contribution in [0.3, 0.4) is 0 Å². The van der Waals surface area contributed by atoms with Crippen molar-refractivity contribution in [2.75, 3.05) is 5.75 Å². The second-order valence-electron chi connectivity index (χ2n) is 4.93. The molecule has 6 heteroatoms. The Balaban J connectivity index is 2.14. The SMILES string of the molecule is O=C1/C(=C\c2ccc(Cl)cc2)CS(=O)(=O)c2c(F)cccc21. The van der Waals surface area contributed by atoms with Crippen molar-refractivity contribution in [2.45, 2.75) is 4.90 Å². The molecule has 0 saturated heterocycles. The average molecular weight is 337 g/mol. The fourth-order valence-corrected chi connectivity index (χ4v) is 4.14. The summed E-state index contributed by atoms with van der Waals surface area (Å²) in [6, 6.07) is 10.3. The number of sulfone groups is 1. The molecule has 0 bridgehead atoms. The lowest BCUT2D eigenvalue weighted by atomic mass is 10.0. The molecule has 2 aromatic carbocycles. The molecule has 0 aromatic heterocycles. The van der Waals surface area contributed by atoms with E-state index in [1.54, 1.807) is 24.3 Å². The number of carbonyl (C=O) groups excluding carboxylic acids is 1. The van der Waals surface area contributed by atoms with Crippen molar-refractivity contribution in [3.05, 3.63) is 70.0 Å². The number of hydrogen-bond acceptors (Lipinski definition) is 3. The molecular weight excluding hydrogens is 327 g/mol. The number of hydrogen-bond donors (Lipinski definition) is 0. The second kappa shape index (κ2) is 5.34. The molecule has 0 aliphatic carbocycles. The van der Waals surface area contributed by atoms with Gasteiger partial charge in [0.05, 0.1) is 5.75 Å². The molecule has 112 valence electrons. The summed E-state index contributed by atoms with van der Waals surface area (Å²) in [7, 11) is -3.87. The Kier molecular flexibility index (Phi) is 3.62. The minimum absolute atomic E-state index is 0.112. The molecular formula is C16H10ClFO3S. The summed E-state index contributed by atoms with van der Waals surface area (Å²) in [4.78, 5) is 11.9. The smallest absolute Gasteiger partial charge is 0.191 e. The van der Waals surface area contributed by atoms with Crippen molar-refractivity contribution < 1.29 is 17.6 Å². The van der Waals surface area contributed by atoms with Gasteiger partial charge in [-0.05, 0) is 35.9 Å². The zero-order chi connectivity index (χ0) is 15.9. The monoisotopic (exact) mass is 336 g/mol. The van der Waals surface area contributed by atoms with E-state index >= 15 is 0 Å². The van der Waals surface area contributed by atoms with Crippen molar-refractivity contribution in [3.63, 3.8) is 0 Å². The highest BCUT2D eigenvalue weighted by molar-refractivity contribution is 7.91. The normalized spacial score (nSPS) is 18.3. The molecule has 0 N–H and O–H groups in total. The van der Waals surface area contributed by atoms with E-state index in [1.807, 2.05) is 0 Å². The molecule has 1 heterocycles. The standard InChI is InChI=1S/C16H10ClFO3S/c17-12-6-4-10(5-7-12)8-11-9-22(20,21)16-13(15(11)19)2-1-3-14(16)18/h1-8H,9H2/b11-8-. The van der Waals surface area contributed by atoms with Crippen LogP contribution in [0.4, 0.5) is 4.39 Å². The number of carbonyl (C=O) groups is 1. The van der Waals surface area contributed by atoms with Gasteiger partial charge in [0, 0.05) is 16.2 Å². The van der Waals surface area contributed by atoms with Crippen LogP contribution in [0.1, 0.15) is 15.9 Å². The van der Waals surface area contributed by atoms with Crippen LogP contribution in [-0.2, 0) is 9.84 Å². The van der Waals surface area contributed by atoms with Crippen LogP contribution < -0.4 is 0 Å². The van der Waals surface area contributed by atoms with Gasteiger partial charge in [-0.3, -0.25) is 4.79 Å².